The molecule has 0 radical (unpaired) electrons. The van der Waals surface area contributed by atoms with Crippen molar-refractivity contribution in [1.29, 1.82) is 0 Å². The van der Waals surface area contributed by atoms with Crippen LogP contribution in [0.2, 0.25) is 0 Å². The van der Waals surface area contributed by atoms with E-state index in [4.69, 9.17) is 4.74 Å². The average molecular weight is 608 g/mol. The Morgan fingerprint density at radius 1 is 1.00 bits per heavy atom. The zero-order chi connectivity index (χ0) is 32.3. The third-order valence-electron chi connectivity index (χ3n) is 7.68. The van der Waals surface area contributed by atoms with Gasteiger partial charge in [-0.25, -0.2) is 15.0 Å². The highest BCUT2D eigenvalue weighted by atomic mass is 16.5. The summed E-state index contributed by atoms with van der Waals surface area (Å²) in [7, 11) is 0. The first-order chi connectivity index (χ1) is 21.5. The molecule has 232 valence electrons. The maximum absolute atomic E-state index is 14.8. The summed E-state index contributed by atoms with van der Waals surface area (Å²) in [6.45, 7) is 8.91. The van der Waals surface area contributed by atoms with Gasteiger partial charge in [0.15, 0.2) is 0 Å². The van der Waals surface area contributed by atoms with E-state index >= 15 is 0 Å². The molecule has 2 atom stereocenters. The number of benzene rings is 2. The molecular formula is C35H37N5O5. The van der Waals surface area contributed by atoms with Crippen molar-refractivity contribution in [2.75, 3.05) is 6.61 Å². The Balaban J connectivity index is 1.70. The molecule has 3 amide bonds. The Bertz CT molecular complexity index is 1640. The number of aliphatic imine (C=N–C) groups is 1. The highest BCUT2D eigenvalue weighted by Crippen LogP contribution is 2.34. The molecule has 0 saturated heterocycles. The van der Waals surface area contributed by atoms with E-state index in [0.717, 1.165) is 5.56 Å². The van der Waals surface area contributed by atoms with Crippen LogP contribution in [0.25, 0.3) is 5.70 Å². The number of nitrogens with zero attached hydrogens (tertiary/aromatic N) is 5. The van der Waals surface area contributed by atoms with E-state index in [1.165, 1.54) is 28.0 Å². The first kappa shape index (κ1) is 31.3. The van der Waals surface area contributed by atoms with Gasteiger partial charge in [0.1, 0.15) is 18.7 Å². The zero-order valence-electron chi connectivity index (χ0n) is 26.1. The fourth-order valence-electron chi connectivity index (χ4n) is 5.57. The Morgan fingerprint density at radius 2 is 1.67 bits per heavy atom. The number of hydrazine groups is 1. The summed E-state index contributed by atoms with van der Waals surface area (Å²) >= 11 is 0. The molecule has 2 aliphatic rings. The van der Waals surface area contributed by atoms with Crippen LogP contribution in [0.5, 0.6) is 0 Å². The van der Waals surface area contributed by atoms with Crippen LogP contribution in [-0.4, -0.2) is 73.5 Å². The number of carbonyl (C=O) groups is 4. The number of ketones is 1. The van der Waals surface area contributed by atoms with E-state index in [2.05, 4.69) is 9.98 Å². The Morgan fingerprint density at radius 3 is 2.22 bits per heavy atom. The van der Waals surface area contributed by atoms with Gasteiger partial charge in [-0.05, 0) is 37.5 Å². The maximum Gasteiger partial charge on any atom is 0.269 e. The molecule has 1 aromatic heterocycles. The van der Waals surface area contributed by atoms with Crippen LogP contribution in [0, 0.1) is 5.92 Å². The van der Waals surface area contributed by atoms with Gasteiger partial charge in [-0.2, -0.15) is 0 Å². The van der Waals surface area contributed by atoms with Crippen LogP contribution in [0.1, 0.15) is 56.1 Å². The minimum Gasteiger partial charge on any atom is -0.473 e. The van der Waals surface area contributed by atoms with E-state index in [0.29, 0.717) is 11.1 Å². The van der Waals surface area contributed by atoms with Crippen molar-refractivity contribution in [1.82, 2.24) is 19.9 Å². The lowest BCUT2D eigenvalue weighted by atomic mass is 9.96. The summed E-state index contributed by atoms with van der Waals surface area (Å²) in [5, 5.41) is 2.47. The fourth-order valence-corrected chi connectivity index (χ4v) is 5.57. The molecule has 3 heterocycles. The number of amides is 3. The topological polar surface area (TPSA) is 112 Å². The van der Waals surface area contributed by atoms with E-state index < -0.39 is 41.1 Å². The number of pyridine rings is 1. The van der Waals surface area contributed by atoms with Gasteiger partial charge in [0.25, 0.3) is 17.7 Å². The van der Waals surface area contributed by atoms with Gasteiger partial charge in [0.05, 0.1) is 16.8 Å². The standard InChI is InChI=1S/C35H37N5O5/c1-23(2)30-34(44)40(29(26-15-10-7-11-16-26)21-38(30)33(43)27-17-12-18-36-20-27)39(24(3)41)28(19-25-13-8-6-9-14-25)31(42)32-37-35(4,5)22-45-32/h6-18,20-21,23,28,30H,19,22H2,1-5H3/t28-,30+/m0/s1. The van der Waals surface area contributed by atoms with E-state index in [1.807, 2.05) is 64.1 Å². The number of hydrogen-bond acceptors (Lipinski definition) is 7. The second-order valence-corrected chi connectivity index (χ2v) is 12.1. The van der Waals surface area contributed by atoms with Gasteiger partial charge < -0.3 is 4.74 Å². The van der Waals surface area contributed by atoms with E-state index in [1.54, 1.807) is 48.8 Å². The summed E-state index contributed by atoms with van der Waals surface area (Å²) in [4.78, 5) is 66.6. The minimum atomic E-state index is -1.18. The van der Waals surface area contributed by atoms with Crippen molar-refractivity contribution in [2.24, 2.45) is 10.9 Å². The average Bonchev–Trinajstić information content (AvgIpc) is 3.40. The van der Waals surface area contributed by atoms with Gasteiger partial charge in [0, 0.05) is 37.5 Å². The molecule has 45 heavy (non-hydrogen) atoms. The SMILES string of the molecule is CC(=O)N([C@@H](Cc1ccccc1)C(=O)C1=NC(C)(C)CO1)N1C(=O)[C@@H](C(C)C)N(C(=O)c2cccnc2)C=C1c1ccccc1. The molecule has 0 unspecified atom stereocenters. The van der Waals surface area contributed by atoms with Gasteiger partial charge in [-0.3, -0.25) is 29.1 Å². The number of aromatic nitrogens is 1. The first-order valence-corrected chi connectivity index (χ1v) is 14.9. The fraction of sp³-hybridized carbons (Fsp3) is 0.314. The smallest absolute Gasteiger partial charge is 0.269 e. The molecule has 0 spiro atoms. The molecule has 0 bridgehead atoms. The van der Waals surface area contributed by atoms with Crippen LogP contribution in [0.3, 0.4) is 0 Å². The van der Waals surface area contributed by atoms with Crippen molar-refractivity contribution < 1.29 is 23.9 Å². The summed E-state index contributed by atoms with van der Waals surface area (Å²) < 4.78 is 5.75. The molecule has 0 aliphatic carbocycles. The molecule has 10 heteroatoms. The van der Waals surface area contributed by atoms with Crippen molar-refractivity contribution in [3.63, 3.8) is 0 Å². The van der Waals surface area contributed by atoms with Crippen LogP contribution in [0.15, 0.2) is 96.4 Å². The molecule has 5 rings (SSSR count). The van der Waals surface area contributed by atoms with Gasteiger partial charge in [-0.1, -0.05) is 74.5 Å². The lowest BCUT2D eigenvalue weighted by molar-refractivity contribution is -0.165. The summed E-state index contributed by atoms with van der Waals surface area (Å²) in [5.41, 5.74) is 1.32. The Kier molecular flexibility index (Phi) is 8.94. The van der Waals surface area contributed by atoms with Crippen molar-refractivity contribution in [2.45, 2.75) is 58.7 Å². The molecule has 2 aromatic carbocycles. The maximum atomic E-state index is 14.8. The third-order valence-corrected chi connectivity index (χ3v) is 7.68. The molecule has 0 saturated carbocycles. The zero-order valence-corrected chi connectivity index (χ0v) is 26.1. The number of carbonyl (C=O) groups excluding carboxylic acids is 4. The predicted molar refractivity (Wildman–Crippen MR) is 169 cm³/mol. The number of ether oxygens (including phenoxy) is 1. The van der Waals surface area contributed by atoms with E-state index in [9.17, 15) is 19.2 Å². The molecule has 0 N–H and O–H groups in total. The largest absolute Gasteiger partial charge is 0.473 e. The van der Waals surface area contributed by atoms with Crippen molar-refractivity contribution in [3.8, 4) is 0 Å². The minimum absolute atomic E-state index is 0.0873. The summed E-state index contributed by atoms with van der Waals surface area (Å²) in [6, 6.07) is 19.4. The highest BCUT2D eigenvalue weighted by Gasteiger charge is 2.48. The molecule has 0 fully saturated rings. The number of hydrogen-bond donors (Lipinski definition) is 0. The van der Waals surface area contributed by atoms with Crippen molar-refractivity contribution in [3.05, 3.63) is 108 Å². The first-order valence-electron chi connectivity index (χ1n) is 14.9. The third kappa shape index (κ3) is 6.55. The van der Waals surface area contributed by atoms with Gasteiger partial charge in [0.2, 0.25) is 11.7 Å². The second-order valence-electron chi connectivity index (χ2n) is 12.1. The number of rotatable bonds is 9. The quantitative estimate of drug-likeness (QED) is 0.353. The van der Waals surface area contributed by atoms with Crippen LogP contribution in [-0.2, 0) is 25.5 Å². The number of Topliss-reactive ketones (excluding diaryl/α,β-unsaturated/α-hetero) is 1. The van der Waals surface area contributed by atoms with Crippen molar-refractivity contribution >= 4 is 35.1 Å². The Labute approximate surface area is 263 Å². The van der Waals surface area contributed by atoms with E-state index in [-0.39, 0.29) is 30.5 Å². The monoisotopic (exact) mass is 607 g/mol. The summed E-state index contributed by atoms with van der Waals surface area (Å²) in [5.74, 6) is -2.43. The predicted octanol–water partition coefficient (Wildman–Crippen LogP) is 4.54. The molecule has 10 nitrogen and oxygen atoms in total. The second kappa shape index (κ2) is 12.9. The lowest BCUT2D eigenvalue weighted by Gasteiger charge is -2.46. The molecule has 2 aliphatic heterocycles. The van der Waals surface area contributed by atoms with Crippen LogP contribution >= 0.6 is 0 Å². The highest BCUT2D eigenvalue weighted by molar-refractivity contribution is 6.39. The Hall–Kier alpha value is -5.12. The summed E-state index contributed by atoms with van der Waals surface area (Å²) in [6.07, 6.45) is 4.70. The molecular weight excluding hydrogens is 570 g/mol. The van der Waals surface area contributed by atoms with Crippen LogP contribution in [0.4, 0.5) is 0 Å². The molecule has 3 aromatic rings. The normalized spacial score (nSPS) is 18.2. The lowest BCUT2D eigenvalue weighted by Crippen LogP contribution is -2.64. The van der Waals surface area contributed by atoms with Gasteiger partial charge >= 0.3 is 0 Å². The van der Waals surface area contributed by atoms with Gasteiger partial charge in [-0.15, -0.1) is 0 Å². The van der Waals surface area contributed by atoms with Crippen LogP contribution < -0.4 is 0 Å².